The van der Waals surface area contributed by atoms with E-state index in [0.29, 0.717) is 26.1 Å². The van der Waals surface area contributed by atoms with E-state index in [2.05, 4.69) is 14.5 Å². The third kappa shape index (κ3) is 9.22. The van der Waals surface area contributed by atoms with Gasteiger partial charge in [0.2, 0.25) is 5.91 Å². The molecule has 5 nitrogen and oxygen atoms in total. The second-order valence-electron chi connectivity index (χ2n) is 9.08. The van der Waals surface area contributed by atoms with Crippen LogP contribution in [0.1, 0.15) is 44.1 Å². The molecule has 2 aliphatic rings. The van der Waals surface area contributed by atoms with Gasteiger partial charge in [-0.25, -0.2) is 4.39 Å². The van der Waals surface area contributed by atoms with Gasteiger partial charge < -0.3 is 14.5 Å². The van der Waals surface area contributed by atoms with Crippen LogP contribution in [0.25, 0.3) is 0 Å². The minimum absolute atomic E-state index is 0.0952. The van der Waals surface area contributed by atoms with Crippen molar-refractivity contribution >= 4 is 5.91 Å². The van der Waals surface area contributed by atoms with Gasteiger partial charge in [-0.15, -0.1) is 0 Å². The number of hydrogen-bond donors (Lipinski definition) is 0. The van der Waals surface area contributed by atoms with Gasteiger partial charge in [0.15, 0.2) is 0 Å². The second kappa shape index (κ2) is 12.7. The normalized spacial score (nSPS) is 19.0. The molecule has 0 unspecified atom stereocenters. The quantitative estimate of drug-likeness (QED) is 0.379. The molecule has 33 heavy (non-hydrogen) atoms. The first-order chi connectivity index (χ1) is 15.8. The van der Waals surface area contributed by atoms with E-state index in [1.165, 1.54) is 18.6 Å². The molecule has 0 radical (unpaired) electrons. The first-order valence-corrected chi connectivity index (χ1v) is 11.9. The van der Waals surface area contributed by atoms with E-state index in [1.54, 1.807) is 12.1 Å². The standard InChI is InChI=1S/C24H35F4N3O2/c25-21-9-7-20(8-10-21)17-31(22-5-2-1-3-6-22)23(32)18-30-14-12-29(13-15-30)11-4-16-33-19-24(26,27)28/h7-10,22H,1-6,11-19H2. The molecule has 0 atom stereocenters. The van der Waals surface area contributed by atoms with Gasteiger partial charge in [-0.05, 0) is 37.0 Å². The van der Waals surface area contributed by atoms with Crippen molar-refractivity contribution < 1.29 is 27.1 Å². The van der Waals surface area contributed by atoms with E-state index in [9.17, 15) is 22.4 Å². The van der Waals surface area contributed by atoms with E-state index < -0.39 is 12.8 Å². The number of halogens is 4. The molecule has 0 aromatic heterocycles. The van der Waals surface area contributed by atoms with Crippen molar-refractivity contribution in [2.45, 2.75) is 57.3 Å². The molecule has 1 saturated carbocycles. The summed E-state index contributed by atoms with van der Waals surface area (Å²) in [5.41, 5.74) is 0.938. The molecule has 1 aromatic carbocycles. The van der Waals surface area contributed by atoms with E-state index in [0.717, 1.165) is 57.4 Å². The average Bonchev–Trinajstić information content (AvgIpc) is 2.79. The van der Waals surface area contributed by atoms with Crippen LogP contribution in [0.3, 0.4) is 0 Å². The fraction of sp³-hybridized carbons (Fsp3) is 0.708. The van der Waals surface area contributed by atoms with Crippen LogP contribution >= 0.6 is 0 Å². The maximum Gasteiger partial charge on any atom is 0.411 e. The molecule has 1 saturated heterocycles. The monoisotopic (exact) mass is 473 g/mol. The van der Waals surface area contributed by atoms with Crippen molar-refractivity contribution in [2.75, 3.05) is 52.5 Å². The van der Waals surface area contributed by atoms with Gasteiger partial charge in [0.05, 0.1) is 6.54 Å². The Bertz CT molecular complexity index is 715. The van der Waals surface area contributed by atoms with Gasteiger partial charge in [0.1, 0.15) is 12.4 Å². The van der Waals surface area contributed by atoms with Crippen LogP contribution in [0.4, 0.5) is 17.6 Å². The Morgan fingerprint density at radius 2 is 1.64 bits per heavy atom. The van der Waals surface area contributed by atoms with Crippen molar-refractivity contribution in [1.29, 1.82) is 0 Å². The first kappa shape index (κ1) is 25.9. The Morgan fingerprint density at radius 1 is 1.00 bits per heavy atom. The summed E-state index contributed by atoms with van der Waals surface area (Å²) in [5, 5.41) is 0. The molecule has 2 fully saturated rings. The highest BCUT2D eigenvalue weighted by molar-refractivity contribution is 5.78. The van der Waals surface area contributed by atoms with Crippen molar-refractivity contribution in [3.8, 4) is 0 Å². The number of hydrogen-bond acceptors (Lipinski definition) is 4. The topological polar surface area (TPSA) is 36.0 Å². The maximum absolute atomic E-state index is 13.3. The SMILES string of the molecule is O=C(CN1CCN(CCCOCC(F)(F)F)CC1)N(Cc1ccc(F)cc1)C1CCCCC1. The number of benzene rings is 1. The van der Waals surface area contributed by atoms with Crippen LogP contribution in [0, 0.1) is 5.82 Å². The summed E-state index contributed by atoms with van der Waals surface area (Å²) >= 11 is 0. The van der Waals surface area contributed by atoms with Crippen LogP contribution in [0.5, 0.6) is 0 Å². The minimum Gasteiger partial charge on any atom is -0.372 e. The molecular formula is C24H35F4N3O2. The van der Waals surface area contributed by atoms with Crippen molar-refractivity contribution in [3.63, 3.8) is 0 Å². The predicted molar refractivity (Wildman–Crippen MR) is 118 cm³/mol. The summed E-state index contributed by atoms with van der Waals surface area (Å²) in [7, 11) is 0. The molecular weight excluding hydrogens is 438 g/mol. The lowest BCUT2D eigenvalue weighted by atomic mass is 9.93. The van der Waals surface area contributed by atoms with Gasteiger partial charge in [-0.3, -0.25) is 9.69 Å². The number of amides is 1. The molecule has 1 aliphatic heterocycles. The lowest BCUT2D eigenvalue weighted by Crippen LogP contribution is -2.51. The maximum atomic E-state index is 13.3. The smallest absolute Gasteiger partial charge is 0.372 e. The number of carbonyl (C=O) groups is 1. The zero-order chi connectivity index (χ0) is 23.7. The number of carbonyl (C=O) groups excluding carboxylic acids is 1. The van der Waals surface area contributed by atoms with Crippen LogP contribution < -0.4 is 0 Å². The summed E-state index contributed by atoms with van der Waals surface area (Å²) in [6.45, 7) is 3.53. The Kier molecular flexibility index (Phi) is 9.94. The lowest BCUT2D eigenvalue weighted by molar-refractivity contribution is -0.174. The summed E-state index contributed by atoms with van der Waals surface area (Å²) in [5.74, 6) is -0.167. The molecule has 1 aliphatic carbocycles. The lowest BCUT2D eigenvalue weighted by Gasteiger charge is -2.38. The van der Waals surface area contributed by atoms with E-state index >= 15 is 0 Å². The zero-order valence-corrected chi connectivity index (χ0v) is 19.2. The number of piperazine rings is 1. The zero-order valence-electron chi connectivity index (χ0n) is 19.2. The molecule has 1 aromatic rings. The van der Waals surface area contributed by atoms with Gasteiger partial charge >= 0.3 is 6.18 Å². The summed E-state index contributed by atoms with van der Waals surface area (Å²) < 4.78 is 54.3. The summed E-state index contributed by atoms with van der Waals surface area (Å²) in [4.78, 5) is 19.6. The third-order valence-corrected chi connectivity index (χ3v) is 6.45. The fourth-order valence-electron chi connectivity index (χ4n) is 4.63. The first-order valence-electron chi connectivity index (χ1n) is 11.9. The highest BCUT2D eigenvalue weighted by Crippen LogP contribution is 2.25. The largest absolute Gasteiger partial charge is 0.411 e. The second-order valence-corrected chi connectivity index (χ2v) is 9.08. The van der Waals surface area contributed by atoms with Crippen molar-refractivity contribution in [3.05, 3.63) is 35.6 Å². The fourth-order valence-corrected chi connectivity index (χ4v) is 4.63. The molecule has 0 bridgehead atoms. The van der Waals surface area contributed by atoms with Crippen LogP contribution in [0.15, 0.2) is 24.3 Å². The highest BCUT2D eigenvalue weighted by atomic mass is 19.4. The van der Waals surface area contributed by atoms with Gasteiger partial charge in [0.25, 0.3) is 0 Å². The van der Waals surface area contributed by atoms with Gasteiger partial charge in [-0.2, -0.15) is 13.2 Å². The molecule has 1 amide bonds. The third-order valence-electron chi connectivity index (χ3n) is 6.45. The number of ether oxygens (including phenoxy) is 1. The number of nitrogens with zero attached hydrogens (tertiary/aromatic N) is 3. The molecule has 0 N–H and O–H groups in total. The van der Waals surface area contributed by atoms with Gasteiger partial charge in [0, 0.05) is 51.9 Å². The summed E-state index contributed by atoms with van der Waals surface area (Å²) in [6.07, 6.45) is 1.77. The Morgan fingerprint density at radius 3 is 2.27 bits per heavy atom. The molecule has 0 spiro atoms. The molecule has 186 valence electrons. The Hall–Kier alpha value is -1.71. The summed E-state index contributed by atoms with van der Waals surface area (Å²) in [6, 6.07) is 6.60. The van der Waals surface area contributed by atoms with Crippen molar-refractivity contribution in [1.82, 2.24) is 14.7 Å². The average molecular weight is 474 g/mol. The van der Waals surface area contributed by atoms with Crippen molar-refractivity contribution in [2.24, 2.45) is 0 Å². The predicted octanol–water partition coefficient (Wildman–Crippen LogP) is 4.07. The Balaban J connectivity index is 1.44. The van der Waals surface area contributed by atoms with Crippen LogP contribution in [-0.4, -0.2) is 85.3 Å². The number of rotatable bonds is 10. The van der Waals surface area contributed by atoms with E-state index in [1.807, 2.05) is 4.90 Å². The Labute approximate surface area is 193 Å². The van der Waals surface area contributed by atoms with E-state index in [-0.39, 0.29) is 24.4 Å². The minimum atomic E-state index is -4.28. The molecule has 3 rings (SSSR count). The molecule has 1 heterocycles. The molecule has 9 heteroatoms. The highest BCUT2D eigenvalue weighted by Gasteiger charge is 2.29. The van der Waals surface area contributed by atoms with E-state index in [4.69, 9.17) is 0 Å². The number of alkyl halides is 3. The van der Waals surface area contributed by atoms with Gasteiger partial charge in [-0.1, -0.05) is 31.4 Å². The van der Waals surface area contributed by atoms with Crippen LogP contribution in [-0.2, 0) is 16.1 Å². The van der Waals surface area contributed by atoms with Crippen LogP contribution in [0.2, 0.25) is 0 Å².